The van der Waals surface area contributed by atoms with E-state index in [1.54, 1.807) is 47.2 Å². The van der Waals surface area contributed by atoms with Crippen molar-refractivity contribution in [3.63, 3.8) is 0 Å². The summed E-state index contributed by atoms with van der Waals surface area (Å²) in [6.07, 6.45) is 2.56. The van der Waals surface area contributed by atoms with Crippen LogP contribution < -0.4 is 5.56 Å². The summed E-state index contributed by atoms with van der Waals surface area (Å²) in [5.74, 6) is 0. The van der Waals surface area contributed by atoms with E-state index in [1.165, 1.54) is 10.1 Å². The summed E-state index contributed by atoms with van der Waals surface area (Å²) in [6, 6.07) is 16.7. The van der Waals surface area contributed by atoms with Gasteiger partial charge in [-0.3, -0.25) is 4.79 Å². The van der Waals surface area contributed by atoms with Gasteiger partial charge in [-0.25, -0.2) is 4.52 Å². The first-order valence-corrected chi connectivity index (χ1v) is 8.98. The molecule has 1 atom stereocenters. The molecule has 1 unspecified atom stereocenters. The summed E-state index contributed by atoms with van der Waals surface area (Å²) in [4.78, 5) is 12.8. The van der Waals surface area contributed by atoms with Gasteiger partial charge in [-0.05, 0) is 30.7 Å². The first kappa shape index (κ1) is 17.5. The molecule has 0 aliphatic heterocycles. The van der Waals surface area contributed by atoms with Crippen LogP contribution in [0.5, 0.6) is 0 Å². The Hall–Kier alpha value is -2.89. The lowest BCUT2D eigenvalue weighted by Crippen LogP contribution is -2.24. The van der Waals surface area contributed by atoms with Crippen LogP contribution in [0.1, 0.15) is 17.2 Å². The topological polar surface area (TPSA) is 59.5 Å². The van der Waals surface area contributed by atoms with Crippen LogP contribution in [0, 0.1) is 6.92 Å². The molecule has 0 aliphatic rings. The molecule has 1 N–H and O–H groups in total. The summed E-state index contributed by atoms with van der Waals surface area (Å²) in [5, 5.41) is 15.5. The minimum atomic E-state index is -0.804. The van der Waals surface area contributed by atoms with Crippen molar-refractivity contribution in [3.05, 3.63) is 93.5 Å². The van der Waals surface area contributed by atoms with Gasteiger partial charge in [-0.15, -0.1) is 0 Å². The molecule has 4 aromatic rings. The molecule has 27 heavy (non-hydrogen) atoms. The van der Waals surface area contributed by atoms with Crippen molar-refractivity contribution in [3.8, 4) is 11.3 Å². The lowest BCUT2D eigenvalue weighted by Gasteiger charge is -2.13. The highest BCUT2D eigenvalue weighted by Gasteiger charge is 2.13. The molecule has 2 aromatic carbocycles. The molecule has 136 valence electrons. The molecule has 0 fully saturated rings. The fourth-order valence-corrected chi connectivity index (χ4v) is 3.14. The average Bonchev–Trinajstić information content (AvgIpc) is 3.10. The van der Waals surface area contributed by atoms with Crippen molar-refractivity contribution in [1.82, 2.24) is 14.2 Å². The highest BCUT2D eigenvalue weighted by atomic mass is 35.5. The van der Waals surface area contributed by atoms with E-state index in [9.17, 15) is 9.90 Å². The Balaban J connectivity index is 1.66. The van der Waals surface area contributed by atoms with Crippen molar-refractivity contribution >= 4 is 17.1 Å². The minimum absolute atomic E-state index is 0.155. The van der Waals surface area contributed by atoms with Gasteiger partial charge in [0.15, 0.2) is 0 Å². The zero-order valence-corrected chi connectivity index (χ0v) is 15.5. The maximum atomic E-state index is 12.8. The van der Waals surface area contributed by atoms with E-state index in [-0.39, 0.29) is 12.1 Å². The normalized spacial score (nSPS) is 12.4. The van der Waals surface area contributed by atoms with Crippen LogP contribution in [0.4, 0.5) is 0 Å². The number of rotatable bonds is 4. The number of aliphatic hydroxyl groups excluding tert-OH is 1. The first-order valence-electron chi connectivity index (χ1n) is 8.61. The van der Waals surface area contributed by atoms with Gasteiger partial charge in [0.1, 0.15) is 5.52 Å². The number of aryl methyl sites for hydroxylation is 1. The van der Waals surface area contributed by atoms with Crippen LogP contribution in [-0.4, -0.2) is 19.3 Å². The third-order valence-corrected chi connectivity index (χ3v) is 4.83. The third-order valence-electron chi connectivity index (χ3n) is 4.58. The van der Waals surface area contributed by atoms with Gasteiger partial charge < -0.3 is 9.67 Å². The van der Waals surface area contributed by atoms with E-state index in [4.69, 9.17) is 11.6 Å². The number of aromatic nitrogens is 3. The van der Waals surface area contributed by atoms with Crippen molar-refractivity contribution in [2.24, 2.45) is 0 Å². The quantitative estimate of drug-likeness (QED) is 0.585. The number of halogens is 1. The largest absolute Gasteiger partial charge is 0.387 e. The fourth-order valence-electron chi connectivity index (χ4n) is 3.01. The molecule has 0 spiro atoms. The summed E-state index contributed by atoms with van der Waals surface area (Å²) < 4.78 is 3.07. The predicted molar refractivity (Wildman–Crippen MR) is 106 cm³/mol. The molecule has 2 aromatic heterocycles. The monoisotopic (exact) mass is 379 g/mol. The van der Waals surface area contributed by atoms with E-state index in [0.29, 0.717) is 16.1 Å². The molecule has 4 rings (SSSR count). The molecular formula is C21H18ClN3O2. The molecule has 6 heteroatoms. The van der Waals surface area contributed by atoms with Crippen molar-refractivity contribution in [1.29, 1.82) is 0 Å². The maximum Gasteiger partial charge on any atom is 0.276 e. The van der Waals surface area contributed by atoms with Gasteiger partial charge >= 0.3 is 0 Å². The van der Waals surface area contributed by atoms with E-state index in [2.05, 4.69) is 5.10 Å². The van der Waals surface area contributed by atoms with Crippen LogP contribution >= 0.6 is 11.6 Å². The number of fused-ring (bicyclic) bond motifs is 1. The molecule has 2 heterocycles. The standard InChI is InChI=1S/C21H18ClN3O2/c1-14-2-4-15(5-3-14)18-12-19-21(27)24(10-11-25(19)23-18)13-20(26)16-6-8-17(22)9-7-16/h2-12,20,26H,13H2,1H3. The molecular weight excluding hydrogens is 362 g/mol. The van der Waals surface area contributed by atoms with E-state index in [0.717, 1.165) is 11.3 Å². The Kier molecular flexibility index (Phi) is 4.56. The number of hydrogen-bond donors (Lipinski definition) is 1. The van der Waals surface area contributed by atoms with Crippen LogP contribution in [0.3, 0.4) is 0 Å². The van der Waals surface area contributed by atoms with Gasteiger partial charge in [-0.1, -0.05) is 53.6 Å². The third kappa shape index (κ3) is 3.52. The summed E-state index contributed by atoms with van der Waals surface area (Å²) in [6.45, 7) is 2.18. The molecule has 0 bridgehead atoms. The second kappa shape index (κ2) is 7.02. The number of aliphatic hydroxyl groups is 1. The first-order chi connectivity index (χ1) is 13.0. The second-order valence-electron chi connectivity index (χ2n) is 6.55. The highest BCUT2D eigenvalue weighted by molar-refractivity contribution is 6.30. The molecule has 0 saturated heterocycles. The molecule has 5 nitrogen and oxygen atoms in total. The van der Waals surface area contributed by atoms with Crippen LogP contribution in [-0.2, 0) is 6.54 Å². The smallest absolute Gasteiger partial charge is 0.276 e. The van der Waals surface area contributed by atoms with Crippen molar-refractivity contribution in [2.75, 3.05) is 0 Å². The average molecular weight is 380 g/mol. The Morgan fingerprint density at radius 2 is 1.78 bits per heavy atom. The van der Waals surface area contributed by atoms with Crippen molar-refractivity contribution < 1.29 is 5.11 Å². The molecule has 0 aliphatic carbocycles. The van der Waals surface area contributed by atoms with Crippen LogP contribution in [0.15, 0.2) is 71.8 Å². The lowest BCUT2D eigenvalue weighted by atomic mass is 10.1. The highest BCUT2D eigenvalue weighted by Crippen LogP contribution is 2.20. The van der Waals surface area contributed by atoms with Crippen LogP contribution in [0.25, 0.3) is 16.8 Å². The molecule has 0 amide bonds. The number of nitrogens with zero attached hydrogens (tertiary/aromatic N) is 3. The number of benzene rings is 2. The van der Waals surface area contributed by atoms with E-state index in [1.807, 2.05) is 31.2 Å². The summed E-state index contributed by atoms with van der Waals surface area (Å²) >= 11 is 5.88. The summed E-state index contributed by atoms with van der Waals surface area (Å²) in [7, 11) is 0. The molecule has 0 saturated carbocycles. The maximum absolute atomic E-state index is 12.8. The van der Waals surface area contributed by atoms with Crippen molar-refractivity contribution in [2.45, 2.75) is 19.6 Å². The second-order valence-corrected chi connectivity index (χ2v) is 6.98. The van der Waals surface area contributed by atoms with Gasteiger partial charge in [-0.2, -0.15) is 5.10 Å². The minimum Gasteiger partial charge on any atom is -0.387 e. The van der Waals surface area contributed by atoms with E-state index < -0.39 is 6.10 Å². The van der Waals surface area contributed by atoms with E-state index >= 15 is 0 Å². The Labute approximate surface area is 161 Å². The predicted octanol–water partition coefficient (Wildman–Crippen LogP) is 3.86. The lowest BCUT2D eigenvalue weighted by molar-refractivity contribution is 0.155. The SMILES string of the molecule is Cc1ccc(-c2cc3c(=O)n(CC(O)c4ccc(Cl)cc4)ccn3n2)cc1. The summed E-state index contributed by atoms with van der Waals surface area (Å²) in [5.41, 5.74) is 3.84. The van der Waals surface area contributed by atoms with Gasteiger partial charge in [0.2, 0.25) is 0 Å². The zero-order chi connectivity index (χ0) is 19.0. The Morgan fingerprint density at radius 3 is 2.48 bits per heavy atom. The van der Waals surface area contributed by atoms with Gasteiger partial charge in [0.05, 0.1) is 18.3 Å². The van der Waals surface area contributed by atoms with Gasteiger partial charge in [0.25, 0.3) is 5.56 Å². The molecule has 0 radical (unpaired) electrons. The Bertz CT molecular complexity index is 1140. The number of hydrogen-bond acceptors (Lipinski definition) is 3. The fraction of sp³-hybridized carbons (Fsp3) is 0.143. The zero-order valence-electron chi connectivity index (χ0n) is 14.7. The van der Waals surface area contributed by atoms with Gasteiger partial charge in [0, 0.05) is 23.0 Å². The Morgan fingerprint density at radius 1 is 1.07 bits per heavy atom. The van der Waals surface area contributed by atoms with Crippen LogP contribution in [0.2, 0.25) is 5.02 Å².